The second-order valence-corrected chi connectivity index (χ2v) is 11.3. The molecule has 2 aliphatic heterocycles. The number of hydrogen-bond acceptors (Lipinski definition) is 4. The third kappa shape index (κ3) is 3.28. The molecule has 8 heteroatoms. The van der Waals surface area contributed by atoms with Gasteiger partial charge < -0.3 is 4.90 Å². The maximum Gasteiger partial charge on any atom is 0.251 e. The molecule has 0 N–H and O–H groups in total. The number of nitrogens with zero attached hydrogens (tertiary/aromatic N) is 2. The van der Waals surface area contributed by atoms with E-state index in [1.54, 1.807) is 0 Å². The molecule has 0 spiro atoms. The summed E-state index contributed by atoms with van der Waals surface area (Å²) in [6.45, 7) is 4.02. The molecule has 1 saturated carbocycles. The Morgan fingerprint density at radius 3 is 2.48 bits per heavy atom. The van der Waals surface area contributed by atoms with Crippen molar-refractivity contribution in [3.05, 3.63) is 27.7 Å². The summed E-state index contributed by atoms with van der Waals surface area (Å²) in [5, 5.41) is 0.605. The van der Waals surface area contributed by atoms with Crippen molar-refractivity contribution in [3.63, 3.8) is 0 Å². The number of rotatable bonds is 2. The largest absolute Gasteiger partial charge is 0.315 e. The Hall–Kier alpha value is -0.860. The molecular weight excluding hydrogens is 424 g/mol. The van der Waals surface area contributed by atoms with Gasteiger partial charge >= 0.3 is 0 Å². The van der Waals surface area contributed by atoms with Crippen molar-refractivity contribution in [2.24, 2.45) is 10.9 Å². The monoisotopic (exact) mass is 442 g/mol. The lowest BCUT2D eigenvalue weighted by atomic mass is 10.1. The van der Waals surface area contributed by atoms with Gasteiger partial charge in [-0.15, -0.1) is 0 Å². The second-order valence-electron chi connectivity index (χ2n) is 7.07. The van der Waals surface area contributed by atoms with E-state index in [0.29, 0.717) is 5.17 Å². The SMILES string of the molecule is Cc1cc(Br)cc(C)c1N1C(=NC(=O)C2CC2)S[C@H]2CS(=O)(=O)C[C@H]21. The van der Waals surface area contributed by atoms with Crippen molar-refractivity contribution in [2.75, 3.05) is 16.4 Å². The fourth-order valence-electron chi connectivity index (χ4n) is 3.62. The normalized spacial score (nSPS) is 29.2. The molecule has 2 atom stereocenters. The first-order chi connectivity index (χ1) is 11.7. The maximum absolute atomic E-state index is 12.3. The van der Waals surface area contributed by atoms with Gasteiger partial charge in [0.25, 0.3) is 5.91 Å². The number of hydrogen-bond donors (Lipinski definition) is 0. The molecular formula is C17H19BrN2O3S2. The van der Waals surface area contributed by atoms with Crippen LogP contribution in [0.1, 0.15) is 24.0 Å². The number of aliphatic imine (C=N–C) groups is 1. The number of halogens is 1. The zero-order chi connectivity index (χ0) is 17.9. The van der Waals surface area contributed by atoms with E-state index in [2.05, 4.69) is 20.9 Å². The number of carbonyl (C=O) groups excluding carboxylic acids is 1. The number of amidine groups is 1. The molecule has 0 aromatic heterocycles. The van der Waals surface area contributed by atoms with Gasteiger partial charge in [-0.25, -0.2) is 8.42 Å². The molecule has 1 aromatic rings. The van der Waals surface area contributed by atoms with Crippen molar-refractivity contribution in [1.29, 1.82) is 0 Å². The number of aryl methyl sites for hydroxylation is 2. The highest BCUT2D eigenvalue weighted by Crippen LogP contribution is 2.44. The zero-order valence-electron chi connectivity index (χ0n) is 14.0. The third-order valence-electron chi connectivity index (χ3n) is 4.90. The number of sulfone groups is 1. The molecule has 2 heterocycles. The van der Waals surface area contributed by atoms with Crippen LogP contribution in [0.25, 0.3) is 0 Å². The summed E-state index contributed by atoms with van der Waals surface area (Å²) in [5.74, 6) is 0.273. The molecule has 134 valence electrons. The van der Waals surface area contributed by atoms with Gasteiger partial charge in [-0.1, -0.05) is 27.7 Å². The topological polar surface area (TPSA) is 66.8 Å². The van der Waals surface area contributed by atoms with Crippen LogP contribution in [0.4, 0.5) is 5.69 Å². The Bertz CT molecular complexity index is 870. The Morgan fingerprint density at radius 1 is 1.24 bits per heavy atom. The van der Waals surface area contributed by atoms with Gasteiger partial charge in [0.1, 0.15) is 0 Å². The van der Waals surface area contributed by atoms with Crippen LogP contribution in [-0.4, -0.2) is 42.3 Å². The van der Waals surface area contributed by atoms with Crippen LogP contribution in [0.3, 0.4) is 0 Å². The van der Waals surface area contributed by atoms with Crippen molar-refractivity contribution >= 4 is 54.3 Å². The van der Waals surface area contributed by atoms with Crippen LogP contribution in [0.15, 0.2) is 21.6 Å². The van der Waals surface area contributed by atoms with E-state index < -0.39 is 9.84 Å². The highest BCUT2D eigenvalue weighted by Gasteiger charge is 2.50. The average Bonchev–Trinajstić information content (AvgIpc) is 3.22. The number of fused-ring (bicyclic) bond motifs is 1. The molecule has 1 aliphatic carbocycles. The number of anilines is 1. The summed E-state index contributed by atoms with van der Waals surface area (Å²) < 4.78 is 25.3. The number of benzene rings is 1. The molecule has 0 radical (unpaired) electrons. The molecule has 1 aromatic carbocycles. The van der Waals surface area contributed by atoms with Gasteiger partial charge in [-0.2, -0.15) is 4.99 Å². The first kappa shape index (κ1) is 17.5. The summed E-state index contributed by atoms with van der Waals surface area (Å²) in [6, 6.07) is 3.88. The number of amides is 1. The first-order valence-corrected chi connectivity index (χ1v) is 11.8. The predicted octanol–water partition coefficient (Wildman–Crippen LogP) is 3.08. The minimum absolute atomic E-state index is 0.0572. The van der Waals surface area contributed by atoms with Crippen LogP contribution >= 0.6 is 27.7 Å². The minimum atomic E-state index is -3.05. The zero-order valence-corrected chi connectivity index (χ0v) is 17.2. The summed E-state index contributed by atoms with van der Waals surface area (Å²) in [5.41, 5.74) is 3.07. The molecule has 5 nitrogen and oxygen atoms in total. The van der Waals surface area contributed by atoms with Crippen molar-refractivity contribution in [3.8, 4) is 0 Å². The highest BCUT2D eigenvalue weighted by molar-refractivity contribution is 9.10. The summed E-state index contributed by atoms with van der Waals surface area (Å²) in [6.07, 6.45) is 1.83. The fourth-order valence-corrected chi connectivity index (χ4v) is 8.22. The van der Waals surface area contributed by atoms with Crippen LogP contribution < -0.4 is 4.90 Å². The van der Waals surface area contributed by atoms with E-state index in [1.807, 2.05) is 30.9 Å². The number of thioether (sulfide) groups is 1. The van der Waals surface area contributed by atoms with E-state index in [0.717, 1.165) is 34.1 Å². The van der Waals surface area contributed by atoms with E-state index in [4.69, 9.17) is 0 Å². The minimum Gasteiger partial charge on any atom is -0.315 e. The third-order valence-corrected chi connectivity index (χ3v) is 8.56. The molecule has 0 unspecified atom stereocenters. The lowest BCUT2D eigenvalue weighted by Gasteiger charge is -2.28. The Balaban J connectivity index is 1.80. The summed E-state index contributed by atoms with van der Waals surface area (Å²) >= 11 is 4.95. The summed E-state index contributed by atoms with van der Waals surface area (Å²) in [7, 11) is -3.05. The fraction of sp³-hybridized carbons (Fsp3) is 0.529. The molecule has 4 rings (SSSR count). The highest BCUT2D eigenvalue weighted by atomic mass is 79.9. The van der Waals surface area contributed by atoms with Crippen molar-refractivity contribution in [2.45, 2.75) is 38.0 Å². The summed E-state index contributed by atoms with van der Waals surface area (Å²) in [4.78, 5) is 18.7. The van der Waals surface area contributed by atoms with Gasteiger partial charge in [0.05, 0.1) is 17.5 Å². The molecule has 1 amide bonds. The molecule has 25 heavy (non-hydrogen) atoms. The van der Waals surface area contributed by atoms with Gasteiger partial charge in [0.2, 0.25) is 0 Å². The van der Waals surface area contributed by atoms with E-state index >= 15 is 0 Å². The van der Waals surface area contributed by atoms with E-state index in [9.17, 15) is 13.2 Å². The van der Waals surface area contributed by atoms with Gasteiger partial charge in [0.15, 0.2) is 15.0 Å². The van der Waals surface area contributed by atoms with Gasteiger partial charge in [-0.3, -0.25) is 4.79 Å². The van der Waals surface area contributed by atoms with E-state index in [-0.39, 0.29) is 34.6 Å². The quantitative estimate of drug-likeness (QED) is 0.703. The van der Waals surface area contributed by atoms with Gasteiger partial charge in [-0.05, 0) is 49.9 Å². The lowest BCUT2D eigenvalue weighted by Crippen LogP contribution is -2.38. The lowest BCUT2D eigenvalue weighted by molar-refractivity contribution is -0.118. The number of carbonyl (C=O) groups is 1. The maximum atomic E-state index is 12.3. The second kappa shape index (κ2) is 6.09. The van der Waals surface area contributed by atoms with Crippen LogP contribution in [0.5, 0.6) is 0 Å². The van der Waals surface area contributed by atoms with Crippen LogP contribution in [0.2, 0.25) is 0 Å². The van der Waals surface area contributed by atoms with Gasteiger partial charge in [0, 0.05) is 21.3 Å². The Labute approximate surface area is 160 Å². The van der Waals surface area contributed by atoms with Crippen LogP contribution in [0, 0.1) is 19.8 Å². The molecule has 0 bridgehead atoms. The van der Waals surface area contributed by atoms with Crippen molar-refractivity contribution in [1.82, 2.24) is 0 Å². The Morgan fingerprint density at radius 2 is 1.88 bits per heavy atom. The standard InChI is InChI=1S/C17H19BrN2O3S2/c1-9-5-12(18)6-10(2)15(9)20-13-7-25(22,23)8-14(13)24-17(20)19-16(21)11-3-4-11/h5-6,11,13-14H,3-4,7-8H2,1-2H3/t13-,14+/m1/s1. The van der Waals surface area contributed by atoms with Crippen LogP contribution in [-0.2, 0) is 14.6 Å². The first-order valence-electron chi connectivity index (χ1n) is 8.31. The average molecular weight is 443 g/mol. The molecule has 3 fully saturated rings. The Kier molecular flexibility index (Phi) is 4.28. The van der Waals surface area contributed by atoms with Crippen molar-refractivity contribution < 1.29 is 13.2 Å². The predicted molar refractivity (Wildman–Crippen MR) is 105 cm³/mol. The molecule has 3 aliphatic rings. The smallest absolute Gasteiger partial charge is 0.251 e. The van der Waals surface area contributed by atoms with E-state index in [1.165, 1.54) is 11.8 Å². The molecule has 2 saturated heterocycles.